The Morgan fingerprint density at radius 2 is 1.10 bits per heavy atom. The third-order valence-corrected chi connectivity index (χ3v) is 1.62. The van der Waals surface area contributed by atoms with Crippen molar-refractivity contribution in [1.29, 1.82) is 0 Å². The van der Waals surface area contributed by atoms with Crippen molar-refractivity contribution in [1.82, 2.24) is 0 Å². The van der Waals surface area contributed by atoms with Crippen LogP contribution in [0.5, 0.6) is 0 Å². The summed E-state index contributed by atoms with van der Waals surface area (Å²) in [6, 6.07) is 0. The smallest absolute Gasteiger partial charge is 0.0326 e. The predicted octanol–water partition coefficient (Wildman–Crippen LogP) is 0.552. The molecule has 0 spiro atoms. The van der Waals surface area contributed by atoms with E-state index in [9.17, 15) is 0 Å². The first-order chi connectivity index (χ1) is 4.75. The van der Waals surface area contributed by atoms with E-state index in [1.165, 1.54) is 0 Å². The lowest BCUT2D eigenvalue weighted by molar-refractivity contribution is 1.42. The molecule has 0 aliphatic heterocycles. The summed E-state index contributed by atoms with van der Waals surface area (Å²) in [4.78, 5) is 0. The molecule has 2 aliphatic rings. The molecule has 0 aromatic rings. The van der Waals surface area contributed by atoms with Crippen molar-refractivity contribution >= 4 is 0 Å². The lowest BCUT2D eigenvalue weighted by atomic mass is 10.2. The molecule has 0 radical (unpaired) electrons. The van der Waals surface area contributed by atoms with Gasteiger partial charge in [-0.2, -0.15) is 0 Å². The van der Waals surface area contributed by atoms with Gasteiger partial charge in [-0.3, -0.25) is 0 Å². The number of allylic oxidation sites excluding steroid dienone is 6. The lowest BCUT2D eigenvalue weighted by Gasteiger charge is -1.84. The van der Waals surface area contributed by atoms with Crippen LogP contribution in [-0.4, -0.2) is 0 Å². The molecule has 0 aromatic heterocycles. The summed E-state index contributed by atoms with van der Waals surface area (Å²) in [5, 5.41) is 0. The van der Waals surface area contributed by atoms with Crippen LogP contribution < -0.4 is 11.5 Å². The molecule has 0 amide bonds. The van der Waals surface area contributed by atoms with Crippen LogP contribution in [0.3, 0.4) is 0 Å². The van der Waals surface area contributed by atoms with Gasteiger partial charge in [0.1, 0.15) is 0 Å². The van der Waals surface area contributed by atoms with Crippen molar-refractivity contribution in [2.45, 2.75) is 0 Å². The summed E-state index contributed by atoms with van der Waals surface area (Å²) in [7, 11) is 0. The highest BCUT2D eigenvalue weighted by Gasteiger charge is 2.12. The van der Waals surface area contributed by atoms with Crippen LogP contribution in [0.1, 0.15) is 0 Å². The fraction of sp³-hybridized carbons (Fsp3) is 0. The summed E-state index contributed by atoms with van der Waals surface area (Å²) < 4.78 is 0. The van der Waals surface area contributed by atoms with Gasteiger partial charge >= 0.3 is 0 Å². The Bertz CT molecular complexity index is 271. The molecular weight excluding hydrogens is 124 g/mol. The monoisotopic (exact) mass is 132 g/mol. The highest BCUT2D eigenvalue weighted by Crippen LogP contribution is 2.28. The molecule has 0 unspecified atom stereocenters. The maximum absolute atomic E-state index is 5.54. The average molecular weight is 132 g/mol. The van der Waals surface area contributed by atoms with Crippen molar-refractivity contribution < 1.29 is 0 Å². The summed E-state index contributed by atoms with van der Waals surface area (Å²) >= 11 is 0. The highest BCUT2D eigenvalue weighted by molar-refractivity contribution is 5.63. The molecule has 0 heterocycles. The molecular formula is C8H8N2. The van der Waals surface area contributed by atoms with E-state index < -0.39 is 0 Å². The molecule has 0 atom stereocenters. The molecule has 0 aromatic carbocycles. The lowest BCUT2D eigenvalue weighted by Crippen LogP contribution is -1.90. The fourth-order valence-electron chi connectivity index (χ4n) is 1.22. The molecule has 10 heavy (non-hydrogen) atoms. The topological polar surface area (TPSA) is 52.0 Å². The normalized spacial score (nSPS) is 21.2. The number of fused-ring (bicyclic) bond motifs is 1. The molecule has 50 valence electrons. The van der Waals surface area contributed by atoms with Crippen molar-refractivity contribution in [3.05, 3.63) is 46.8 Å². The van der Waals surface area contributed by atoms with Crippen LogP contribution in [0.2, 0.25) is 0 Å². The van der Waals surface area contributed by atoms with E-state index in [1.54, 1.807) is 0 Å². The molecule has 2 nitrogen and oxygen atoms in total. The Morgan fingerprint density at radius 1 is 0.700 bits per heavy atom. The van der Waals surface area contributed by atoms with Crippen LogP contribution in [0.15, 0.2) is 46.8 Å². The zero-order chi connectivity index (χ0) is 7.14. The summed E-state index contributed by atoms with van der Waals surface area (Å²) in [6.07, 6.45) is 7.69. The van der Waals surface area contributed by atoms with Gasteiger partial charge in [0.15, 0.2) is 0 Å². The van der Waals surface area contributed by atoms with Crippen molar-refractivity contribution in [3.8, 4) is 0 Å². The molecule has 2 heteroatoms. The zero-order valence-electron chi connectivity index (χ0n) is 5.46. The number of hydrogen-bond donors (Lipinski definition) is 2. The van der Waals surface area contributed by atoms with E-state index in [-0.39, 0.29) is 0 Å². The Morgan fingerprint density at radius 3 is 1.50 bits per heavy atom. The molecule has 2 aliphatic carbocycles. The van der Waals surface area contributed by atoms with Gasteiger partial charge in [0, 0.05) is 11.4 Å². The molecule has 4 N–H and O–H groups in total. The van der Waals surface area contributed by atoms with Gasteiger partial charge in [-0.1, -0.05) is 0 Å². The molecule has 0 bridgehead atoms. The van der Waals surface area contributed by atoms with Crippen molar-refractivity contribution in [2.24, 2.45) is 11.5 Å². The maximum Gasteiger partial charge on any atom is 0.0326 e. The minimum absolute atomic E-state index is 0.810. The number of nitrogens with two attached hydrogens (primary N) is 2. The number of rotatable bonds is 0. The average Bonchev–Trinajstić information content (AvgIpc) is 2.21. The van der Waals surface area contributed by atoms with Crippen molar-refractivity contribution in [3.63, 3.8) is 0 Å². The first kappa shape index (κ1) is 5.35. The minimum Gasteiger partial charge on any atom is -0.399 e. The Kier molecular flexibility index (Phi) is 0.822. The van der Waals surface area contributed by atoms with Gasteiger partial charge in [-0.15, -0.1) is 0 Å². The summed E-state index contributed by atoms with van der Waals surface area (Å²) in [5.41, 5.74) is 15.0. The standard InChI is InChI=1S/C8H8N2/c9-7-1-5-2-8(10)4-6(5)3-7/h1-4H,9-10H2. The molecule has 0 fully saturated rings. The Balaban J connectivity index is 2.49. The molecule has 0 saturated carbocycles. The van der Waals surface area contributed by atoms with E-state index in [0.717, 1.165) is 22.5 Å². The maximum atomic E-state index is 5.54. The second-order valence-electron chi connectivity index (χ2n) is 2.49. The van der Waals surface area contributed by atoms with Gasteiger partial charge in [-0.05, 0) is 35.5 Å². The second-order valence-corrected chi connectivity index (χ2v) is 2.49. The van der Waals surface area contributed by atoms with E-state index in [1.807, 2.05) is 24.3 Å². The van der Waals surface area contributed by atoms with E-state index in [0.29, 0.717) is 0 Å². The van der Waals surface area contributed by atoms with Crippen LogP contribution in [0.4, 0.5) is 0 Å². The van der Waals surface area contributed by atoms with Gasteiger partial charge in [-0.25, -0.2) is 0 Å². The van der Waals surface area contributed by atoms with Crippen LogP contribution in [0.25, 0.3) is 0 Å². The third-order valence-electron chi connectivity index (χ3n) is 1.62. The molecule has 2 rings (SSSR count). The first-order valence-electron chi connectivity index (χ1n) is 3.14. The molecule has 0 saturated heterocycles. The summed E-state index contributed by atoms with van der Waals surface area (Å²) in [5.74, 6) is 0. The number of hydrogen-bond acceptors (Lipinski definition) is 2. The predicted molar refractivity (Wildman–Crippen MR) is 40.7 cm³/mol. The quantitative estimate of drug-likeness (QED) is 0.505. The van der Waals surface area contributed by atoms with E-state index >= 15 is 0 Å². The first-order valence-corrected chi connectivity index (χ1v) is 3.14. The van der Waals surface area contributed by atoms with Crippen LogP contribution in [-0.2, 0) is 0 Å². The van der Waals surface area contributed by atoms with Gasteiger partial charge in [0.2, 0.25) is 0 Å². The van der Waals surface area contributed by atoms with Crippen molar-refractivity contribution in [2.75, 3.05) is 0 Å². The van der Waals surface area contributed by atoms with Gasteiger partial charge in [0.05, 0.1) is 0 Å². The van der Waals surface area contributed by atoms with Gasteiger partial charge in [0.25, 0.3) is 0 Å². The van der Waals surface area contributed by atoms with E-state index in [4.69, 9.17) is 11.5 Å². The third kappa shape index (κ3) is 0.589. The SMILES string of the molecule is NC1=CC2=CC(N)=CC2=C1. The van der Waals surface area contributed by atoms with Crippen LogP contribution in [0, 0.1) is 0 Å². The fourth-order valence-corrected chi connectivity index (χ4v) is 1.22. The highest BCUT2D eigenvalue weighted by atomic mass is 14.6. The second kappa shape index (κ2) is 1.53. The minimum atomic E-state index is 0.810. The zero-order valence-corrected chi connectivity index (χ0v) is 5.46. The van der Waals surface area contributed by atoms with Gasteiger partial charge < -0.3 is 11.5 Å². The largest absolute Gasteiger partial charge is 0.399 e. The Labute approximate surface area is 59.2 Å². The Hall–Kier alpha value is -1.44. The summed E-state index contributed by atoms with van der Waals surface area (Å²) in [6.45, 7) is 0. The van der Waals surface area contributed by atoms with E-state index in [2.05, 4.69) is 0 Å². The van der Waals surface area contributed by atoms with Crippen LogP contribution >= 0.6 is 0 Å².